The molecule has 0 aliphatic heterocycles. The van der Waals surface area contributed by atoms with E-state index in [1.54, 1.807) is 24.3 Å². The molecule has 156 valence electrons. The van der Waals surface area contributed by atoms with Crippen molar-refractivity contribution < 1.29 is 14.7 Å². The Labute approximate surface area is 180 Å². The summed E-state index contributed by atoms with van der Waals surface area (Å²) in [7, 11) is 0. The van der Waals surface area contributed by atoms with Crippen LogP contribution in [0.3, 0.4) is 0 Å². The number of hydrogen-bond acceptors (Lipinski definition) is 5. The van der Waals surface area contributed by atoms with Gasteiger partial charge in [0.2, 0.25) is 5.78 Å². The maximum absolute atomic E-state index is 12.7. The van der Waals surface area contributed by atoms with Crippen molar-refractivity contribution >= 4 is 34.6 Å². The number of aliphatic hydroxyl groups excluding tert-OH is 1. The lowest BCUT2D eigenvalue weighted by Gasteiger charge is -2.29. The summed E-state index contributed by atoms with van der Waals surface area (Å²) in [6.07, 6.45) is 6.11. The van der Waals surface area contributed by atoms with Crippen LogP contribution < -0.4 is 5.32 Å². The van der Waals surface area contributed by atoms with Crippen LogP contribution in [0.15, 0.2) is 24.3 Å². The van der Waals surface area contributed by atoms with Crippen LogP contribution in [0.25, 0.3) is 0 Å². The smallest absolute Gasteiger partial charge is 0.288 e. The fourth-order valence-electron chi connectivity index (χ4n) is 3.86. The predicted octanol–water partition coefficient (Wildman–Crippen LogP) is 4.19. The molecule has 5 nitrogen and oxygen atoms in total. The second-order valence-corrected chi connectivity index (χ2v) is 9.16. The molecule has 2 aromatic rings. The molecular weight excluding hydrogens is 408 g/mol. The molecule has 3 rings (SSSR count). The number of carbonyl (C=O) groups excluding carboxylic acids is 2. The van der Waals surface area contributed by atoms with Crippen LogP contribution in [0.2, 0.25) is 5.02 Å². The summed E-state index contributed by atoms with van der Waals surface area (Å²) in [5.41, 5.74) is 1.65. The van der Waals surface area contributed by atoms with Crippen molar-refractivity contribution in [3.05, 3.63) is 50.4 Å². The van der Waals surface area contributed by atoms with Crippen LogP contribution in [-0.4, -0.2) is 28.4 Å². The fraction of sp³-hybridized carbons (Fsp3) is 0.500. The number of nitrogens with zero attached hydrogens (tertiary/aromatic N) is 1. The number of amides is 1. The first-order chi connectivity index (χ1) is 14.0. The zero-order chi connectivity index (χ0) is 20.8. The minimum absolute atomic E-state index is 0.0487. The second kappa shape index (κ2) is 10.3. The summed E-state index contributed by atoms with van der Waals surface area (Å²) in [6.45, 7) is 2.00. The number of aryl methyl sites for hydroxylation is 1. The Kier molecular flexibility index (Phi) is 7.81. The molecule has 1 unspecified atom stereocenters. The Hall–Kier alpha value is -1.76. The van der Waals surface area contributed by atoms with Crippen LogP contribution in [0.4, 0.5) is 0 Å². The number of benzene rings is 1. The highest BCUT2D eigenvalue weighted by molar-refractivity contribution is 7.11. The van der Waals surface area contributed by atoms with E-state index in [0.29, 0.717) is 11.4 Å². The normalized spacial score (nSPS) is 15.8. The number of aromatic nitrogens is 1. The van der Waals surface area contributed by atoms with E-state index in [0.717, 1.165) is 46.8 Å². The Morgan fingerprint density at radius 3 is 2.59 bits per heavy atom. The average molecular weight is 435 g/mol. The Balaban J connectivity index is 1.75. The molecule has 1 aromatic heterocycles. The van der Waals surface area contributed by atoms with Crippen LogP contribution in [0.5, 0.6) is 0 Å². The molecule has 1 aliphatic carbocycles. The fourth-order valence-corrected chi connectivity index (χ4v) is 5.18. The van der Waals surface area contributed by atoms with Gasteiger partial charge in [0.25, 0.3) is 5.91 Å². The number of rotatable bonds is 8. The van der Waals surface area contributed by atoms with Gasteiger partial charge in [-0.1, -0.05) is 43.0 Å². The first kappa shape index (κ1) is 21.9. The molecule has 1 atom stereocenters. The van der Waals surface area contributed by atoms with Gasteiger partial charge < -0.3 is 10.4 Å². The predicted molar refractivity (Wildman–Crippen MR) is 115 cm³/mol. The molecule has 0 saturated heterocycles. The average Bonchev–Trinajstić information content (AvgIpc) is 3.08. The van der Waals surface area contributed by atoms with Crippen LogP contribution in [0.1, 0.15) is 59.3 Å². The van der Waals surface area contributed by atoms with Gasteiger partial charge in [0.1, 0.15) is 5.01 Å². The Morgan fingerprint density at radius 2 is 1.93 bits per heavy atom. The molecule has 2 N–H and O–H groups in total. The summed E-state index contributed by atoms with van der Waals surface area (Å²) in [6, 6.07) is 6.70. The molecule has 0 spiro atoms. The number of Topliss-reactive ketones (excluding diaryl/α,β-unsaturated/α-hetero) is 1. The lowest BCUT2D eigenvalue weighted by atomic mass is 9.84. The van der Waals surface area contributed by atoms with E-state index in [9.17, 15) is 14.7 Å². The van der Waals surface area contributed by atoms with Gasteiger partial charge in [0.05, 0.1) is 11.7 Å². The van der Waals surface area contributed by atoms with Gasteiger partial charge in [-0.15, -0.1) is 11.3 Å². The van der Waals surface area contributed by atoms with Crippen molar-refractivity contribution in [2.45, 2.75) is 57.9 Å². The summed E-state index contributed by atoms with van der Waals surface area (Å²) < 4.78 is 0. The molecular formula is C22H27ClN2O3S. The molecule has 1 fully saturated rings. The highest BCUT2D eigenvalue weighted by Crippen LogP contribution is 2.37. The van der Waals surface area contributed by atoms with Crippen molar-refractivity contribution in [1.82, 2.24) is 10.3 Å². The van der Waals surface area contributed by atoms with Gasteiger partial charge in [-0.2, -0.15) is 0 Å². The van der Waals surface area contributed by atoms with Crippen molar-refractivity contribution in [3.63, 3.8) is 0 Å². The topological polar surface area (TPSA) is 79.3 Å². The van der Waals surface area contributed by atoms with E-state index in [1.807, 2.05) is 6.92 Å². The number of hydrogen-bond donors (Lipinski definition) is 2. The third-order valence-corrected chi connectivity index (χ3v) is 7.01. The van der Waals surface area contributed by atoms with Crippen LogP contribution in [0, 0.1) is 12.8 Å². The number of nitrogens with one attached hydrogen (secondary N) is 1. The molecule has 7 heteroatoms. The highest BCUT2D eigenvalue weighted by atomic mass is 35.5. The lowest BCUT2D eigenvalue weighted by molar-refractivity contribution is -0.138. The second-order valence-electron chi connectivity index (χ2n) is 7.61. The Bertz CT molecular complexity index is 844. The summed E-state index contributed by atoms with van der Waals surface area (Å²) >= 11 is 7.42. The standard InChI is InChI=1S/C22H27ClN2O3S/c1-14-19(11-12-26)29-22(24-14)20(16-5-3-2-4-6-16)25-21(28)18(27)13-15-7-9-17(23)10-8-15/h7-10,16,20,26H,2-6,11-13H2,1H3,(H,25,28). The molecule has 1 saturated carbocycles. The number of carbonyl (C=O) groups is 2. The highest BCUT2D eigenvalue weighted by Gasteiger charge is 2.31. The van der Waals surface area contributed by atoms with Crippen molar-refractivity contribution in [2.75, 3.05) is 6.61 Å². The zero-order valence-electron chi connectivity index (χ0n) is 16.6. The SMILES string of the molecule is Cc1nc(C(NC(=O)C(=O)Cc2ccc(Cl)cc2)C2CCCCC2)sc1CCO. The number of halogens is 1. The summed E-state index contributed by atoms with van der Waals surface area (Å²) in [5.74, 6) is -0.743. The number of ketones is 1. The Morgan fingerprint density at radius 1 is 1.24 bits per heavy atom. The third kappa shape index (κ3) is 5.87. The molecule has 1 heterocycles. The molecule has 1 amide bonds. The zero-order valence-corrected chi connectivity index (χ0v) is 18.2. The van der Waals surface area contributed by atoms with E-state index in [1.165, 1.54) is 17.8 Å². The van der Waals surface area contributed by atoms with Gasteiger partial charge >= 0.3 is 0 Å². The van der Waals surface area contributed by atoms with E-state index >= 15 is 0 Å². The van der Waals surface area contributed by atoms with Gasteiger partial charge in [-0.25, -0.2) is 4.98 Å². The van der Waals surface area contributed by atoms with Crippen molar-refractivity contribution in [2.24, 2.45) is 5.92 Å². The summed E-state index contributed by atoms with van der Waals surface area (Å²) in [4.78, 5) is 30.9. The van der Waals surface area contributed by atoms with Crippen molar-refractivity contribution in [3.8, 4) is 0 Å². The minimum Gasteiger partial charge on any atom is -0.396 e. The largest absolute Gasteiger partial charge is 0.396 e. The maximum atomic E-state index is 12.7. The first-order valence-electron chi connectivity index (χ1n) is 10.1. The molecule has 1 aromatic carbocycles. The van der Waals surface area contributed by atoms with Crippen LogP contribution in [-0.2, 0) is 22.4 Å². The van der Waals surface area contributed by atoms with E-state index in [-0.39, 0.29) is 25.0 Å². The van der Waals surface area contributed by atoms with Gasteiger partial charge in [0, 0.05) is 29.3 Å². The quantitative estimate of drug-likeness (QED) is 0.610. The van der Waals surface area contributed by atoms with Gasteiger partial charge in [-0.05, 0) is 43.4 Å². The molecule has 29 heavy (non-hydrogen) atoms. The van der Waals surface area contributed by atoms with Crippen molar-refractivity contribution in [1.29, 1.82) is 0 Å². The maximum Gasteiger partial charge on any atom is 0.288 e. The number of thiazole rings is 1. The van der Waals surface area contributed by atoms with Gasteiger partial charge in [-0.3, -0.25) is 9.59 Å². The monoisotopic (exact) mass is 434 g/mol. The van der Waals surface area contributed by atoms with E-state index < -0.39 is 11.7 Å². The molecule has 1 aliphatic rings. The van der Waals surface area contributed by atoms with E-state index in [2.05, 4.69) is 10.3 Å². The van der Waals surface area contributed by atoms with Gasteiger partial charge in [0.15, 0.2) is 0 Å². The first-order valence-corrected chi connectivity index (χ1v) is 11.3. The van der Waals surface area contributed by atoms with Crippen LogP contribution >= 0.6 is 22.9 Å². The lowest BCUT2D eigenvalue weighted by Crippen LogP contribution is -2.39. The summed E-state index contributed by atoms with van der Waals surface area (Å²) in [5, 5.41) is 13.7. The third-order valence-electron chi connectivity index (χ3n) is 5.45. The molecule has 0 radical (unpaired) electrons. The number of aliphatic hydroxyl groups is 1. The molecule has 0 bridgehead atoms. The van der Waals surface area contributed by atoms with E-state index in [4.69, 9.17) is 11.6 Å². The minimum atomic E-state index is -0.563.